The third-order valence-corrected chi connectivity index (χ3v) is 15.3. The number of methoxy groups -OCH3 is 1. The molecule has 0 aliphatic carbocycles. The molecule has 0 spiro atoms. The number of fused-ring (bicyclic) bond motifs is 1. The van der Waals surface area contributed by atoms with Crippen molar-refractivity contribution in [3.8, 4) is 0 Å². The SMILES string of the molecule is CC(=O)O.CC(=O)O.CC[C@H]1OC(=O)[C@H](C)[C@@H](O[C@H]2C[C@@](C)(OC)[C@@H](O)[C@H](C)O2)[C@H](C)[C@@H](O[C@@H]2O[C@H](C)C[C@H](N(C)C)[C@H]2O)[C@](C)(O)C[C@@H](C)CN(CCC(=O)N[C@@H](C)c2cccc3ccccc23)[C@H](C)[C@@H](O)[C@]1(C)O. The average Bonchev–Trinajstić information content (AvgIpc) is 3.33. The van der Waals surface area contributed by atoms with Gasteiger partial charge in [0.1, 0.15) is 30.0 Å². The van der Waals surface area contributed by atoms with Crippen molar-refractivity contribution in [3.05, 3.63) is 48.0 Å². The van der Waals surface area contributed by atoms with Crippen LogP contribution in [0.3, 0.4) is 0 Å². The van der Waals surface area contributed by atoms with Crippen molar-refractivity contribution < 1.29 is 83.3 Å². The van der Waals surface area contributed by atoms with Crippen LogP contribution >= 0.6 is 0 Å². The molecular weight excluding hydrogens is 987 g/mol. The maximum Gasteiger partial charge on any atom is 0.311 e. The van der Waals surface area contributed by atoms with Crippen LogP contribution in [0.4, 0.5) is 0 Å². The number of hydrogen-bond acceptors (Lipinski definition) is 17. The first kappa shape index (κ1) is 66.4. The number of cyclic esters (lactones) is 1. The van der Waals surface area contributed by atoms with Gasteiger partial charge in [0, 0.05) is 64.9 Å². The maximum absolute atomic E-state index is 14.6. The maximum atomic E-state index is 14.6. The van der Waals surface area contributed by atoms with E-state index < -0.39 is 108 Å². The number of carboxylic acid groups (broad SMARTS) is 2. The van der Waals surface area contributed by atoms with Gasteiger partial charge in [-0.1, -0.05) is 63.2 Å². The van der Waals surface area contributed by atoms with E-state index >= 15 is 0 Å². The summed E-state index contributed by atoms with van der Waals surface area (Å²) in [5.74, 6) is -4.84. The Hall–Kier alpha value is -3.90. The second-order valence-corrected chi connectivity index (χ2v) is 22.4. The minimum atomic E-state index is -1.96. The Kier molecular flexibility index (Phi) is 25.2. The number of likely N-dealkylation sites (N-methyl/N-ethyl adjacent to an activating group) is 1. The highest BCUT2D eigenvalue weighted by Gasteiger charge is 2.53. The number of aliphatic carboxylic acids is 2. The summed E-state index contributed by atoms with van der Waals surface area (Å²) in [6, 6.07) is 12.6. The van der Waals surface area contributed by atoms with Crippen LogP contribution in [-0.2, 0) is 47.6 Å². The number of benzene rings is 2. The van der Waals surface area contributed by atoms with Crippen LogP contribution in [0.2, 0.25) is 0 Å². The number of carbonyl (C=O) groups excluding carboxylic acids is 2. The van der Waals surface area contributed by atoms with Gasteiger partial charge in [0.15, 0.2) is 12.6 Å². The van der Waals surface area contributed by atoms with Crippen LogP contribution in [-0.4, -0.2) is 194 Å². The minimum Gasteiger partial charge on any atom is -0.481 e. The van der Waals surface area contributed by atoms with E-state index in [9.17, 15) is 35.1 Å². The Balaban J connectivity index is 0.00000177. The Labute approximate surface area is 450 Å². The molecule has 0 unspecified atom stereocenters. The zero-order valence-electron chi connectivity index (χ0n) is 47.8. The number of esters is 1. The average molecular weight is 1080 g/mol. The van der Waals surface area contributed by atoms with Crippen molar-refractivity contribution in [1.29, 1.82) is 0 Å². The predicted octanol–water partition coefficient (Wildman–Crippen LogP) is 4.87. The third kappa shape index (κ3) is 17.8. The lowest BCUT2D eigenvalue weighted by Gasteiger charge is -2.48. The van der Waals surface area contributed by atoms with Crippen molar-refractivity contribution in [3.63, 3.8) is 0 Å². The van der Waals surface area contributed by atoms with Crippen LogP contribution in [0.25, 0.3) is 10.8 Å². The lowest BCUT2D eigenvalue weighted by molar-refractivity contribution is -0.318. The Bertz CT molecular complexity index is 2140. The second kappa shape index (κ2) is 28.8. The summed E-state index contributed by atoms with van der Waals surface area (Å²) in [6.07, 6.45) is -9.18. The lowest BCUT2D eigenvalue weighted by atomic mass is 9.77. The van der Waals surface area contributed by atoms with E-state index in [0.29, 0.717) is 6.42 Å². The first-order chi connectivity index (χ1) is 35.2. The fourth-order valence-corrected chi connectivity index (χ4v) is 11.2. The second-order valence-electron chi connectivity index (χ2n) is 22.4. The number of carboxylic acids is 2. The molecule has 3 aliphatic rings. The Morgan fingerprint density at radius 2 is 1.47 bits per heavy atom. The third-order valence-electron chi connectivity index (χ3n) is 15.3. The van der Waals surface area contributed by atoms with Crippen molar-refractivity contribution in [1.82, 2.24) is 15.1 Å². The molecule has 0 aromatic heterocycles. The summed E-state index contributed by atoms with van der Waals surface area (Å²) in [4.78, 5) is 50.2. The van der Waals surface area contributed by atoms with E-state index in [2.05, 4.69) is 5.32 Å². The minimum absolute atomic E-state index is 0.0616. The number of aliphatic hydroxyl groups excluding tert-OH is 3. The van der Waals surface area contributed by atoms with Gasteiger partial charge in [-0.3, -0.25) is 24.1 Å². The van der Waals surface area contributed by atoms with Crippen LogP contribution in [0.1, 0.15) is 134 Å². The summed E-state index contributed by atoms with van der Waals surface area (Å²) >= 11 is 0. The van der Waals surface area contributed by atoms with Crippen LogP contribution < -0.4 is 5.32 Å². The zero-order valence-corrected chi connectivity index (χ0v) is 47.8. The molecule has 0 bridgehead atoms. The smallest absolute Gasteiger partial charge is 0.311 e. The molecule has 3 heterocycles. The van der Waals surface area contributed by atoms with Gasteiger partial charge in [-0.2, -0.15) is 0 Å². The van der Waals surface area contributed by atoms with Gasteiger partial charge in [-0.25, -0.2) is 0 Å². The molecule has 20 heteroatoms. The molecule has 8 N–H and O–H groups in total. The van der Waals surface area contributed by atoms with Crippen LogP contribution in [0.5, 0.6) is 0 Å². The van der Waals surface area contributed by atoms with Crippen molar-refractivity contribution in [2.75, 3.05) is 34.3 Å². The number of rotatable bonds is 12. The van der Waals surface area contributed by atoms with E-state index in [-0.39, 0.29) is 68.8 Å². The summed E-state index contributed by atoms with van der Waals surface area (Å²) in [6.45, 7) is 22.0. The van der Waals surface area contributed by atoms with Crippen molar-refractivity contribution in [2.24, 2.45) is 17.8 Å². The first-order valence-electron chi connectivity index (χ1n) is 26.7. The highest BCUT2D eigenvalue weighted by molar-refractivity contribution is 5.87. The number of carbonyl (C=O) groups is 4. The van der Waals surface area contributed by atoms with Gasteiger partial charge in [0.25, 0.3) is 11.9 Å². The standard InChI is InChI=1S/C52H85N3O13.2C2H4O2/c1-15-40-52(11,62)45(58)34(7)55(24-23-41(56)53-33(6)37-22-18-20-36-19-16-17-21-38(36)37)28-29(2)26-50(9,61)47(68-49-43(57)39(54(12)13)25-30(3)64-49)31(4)44(32(5)48(60)66-40)67-42-27-51(10,63-14)46(59)35(8)65-42;2*1-2(3)4/h16-22,29-35,39-40,42-47,49,57-59,61-62H,15,23-28H2,1-14H3,(H,53,56);2*1H3,(H,3,4)/t29-,30-,31+,32-,33+,34-,35+,39+,40-,42+,43-,44+,45-,46+,47-,49+,50-,51-,52-;;/m1../s1. The van der Waals surface area contributed by atoms with E-state index in [4.69, 9.17) is 48.2 Å². The molecule has 3 aliphatic heterocycles. The molecule has 20 nitrogen and oxygen atoms in total. The quantitative estimate of drug-likeness (QED) is 0.132. The predicted molar refractivity (Wildman–Crippen MR) is 285 cm³/mol. The van der Waals surface area contributed by atoms with Gasteiger partial charge >= 0.3 is 5.97 Å². The molecule has 0 saturated carbocycles. The number of ether oxygens (including phenoxy) is 6. The van der Waals surface area contributed by atoms with Gasteiger partial charge in [-0.15, -0.1) is 0 Å². The highest BCUT2D eigenvalue weighted by atomic mass is 16.7. The fourth-order valence-electron chi connectivity index (χ4n) is 11.2. The monoisotopic (exact) mass is 1080 g/mol. The molecule has 434 valence electrons. The summed E-state index contributed by atoms with van der Waals surface area (Å²) in [5, 5.41) is 80.3. The molecule has 3 fully saturated rings. The van der Waals surface area contributed by atoms with Gasteiger partial charge in [-0.05, 0) is 111 Å². The highest BCUT2D eigenvalue weighted by Crippen LogP contribution is 2.40. The largest absolute Gasteiger partial charge is 0.481 e. The number of amides is 1. The topological polar surface area (TPSA) is 284 Å². The number of hydrogen-bond donors (Lipinski definition) is 8. The normalized spacial score (nSPS) is 37.4. The molecule has 2 aromatic rings. The van der Waals surface area contributed by atoms with Crippen LogP contribution in [0.15, 0.2) is 42.5 Å². The Morgan fingerprint density at radius 1 is 0.882 bits per heavy atom. The van der Waals surface area contributed by atoms with Crippen molar-refractivity contribution in [2.45, 2.75) is 218 Å². The van der Waals surface area contributed by atoms with Gasteiger partial charge in [0.05, 0.1) is 47.6 Å². The van der Waals surface area contributed by atoms with Crippen LogP contribution in [0, 0.1) is 17.8 Å². The molecule has 0 radical (unpaired) electrons. The van der Waals surface area contributed by atoms with Gasteiger partial charge < -0.3 is 74.4 Å². The summed E-state index contributed by atoms with van der Waals surface area (Å²) < 4.78 is 38.1. The number of aliphatic hydroxyl groups is 5. The van der Waals surface area contributed by atoms with Crippen molar-refractivity contribution >= 4 is 34.6 Å². The fraction of sp³-hybridized carbons (Fsp3) is 0.750. The Morgan fingerprint density at radius 3 is 2.05 bits per heavy atom. The van der Waals surface area contributed by atoms with E-state index in [1.807, 2.05) is 87.1 Å². The molecule has 1 amide bonds. The molecule has 19 atom stereocenters. The molecule has 2 aromatic carbocycles. The van der Waals surface area contributed by atoms with E-state index in [1.54, 1.807) is 48.5 Å². The van der Waals surface area contributed by atoms with E-state index in [1.165, 1.54) is 14.0 Å². The summed E-state index contributed by atoms with van der Waals surface area (Å²) in [5.41, 5.74) is -3.72. The molecule has 3 saturated heterocycles. The molecule has 5 rings (SSSR count). The first-order valence-corrected chi connectivity index (χ1v) is 26.7. The number of nitrogens with one attached hydrogen (secondary N) is 1. The molecule has 76 heavy (non-hydrogen) atoms. The number of nitrogens with zero attached hydrogens (tertiary/aromatic N) is 2. The summed E-state index contributed by atoms with van der Waals surface area (Å²) in [7, 11) is 5.25. The zero-order chi connectivity index (χ0) is 57.8. The van der Waals surface area contributed by atoms with Gasteiger partial charge in [0.2, 0.25) is 5.91 Å². The molecular formula is C56H93N3O17. The lowest BCUT2D eigenvalue weighted by Crippen LogP contribution is -2.60. The van der Waals surface area contributed by atoms with E-state index in [0.717, 1.165) is 30.2 Å².